The van der Waals surface area contributed by atoms with Gasteiger partial charge in [0.2, 0.25) is 0 Å². The topological polar surface area (TPSA) is 49.3 Å². The van der Waals surface area contributed by atoms with Crippen LogP contribution in [0.2, 0.25) is 0 Å². The minimum atomic E-state index is -0.730. The Kier molecular flexibility index (Phi) is 2.42. The summed E-state index contributed by atoms with van der Waals surface area (Å²) in [6.07, 6.45) is 0.983. The summed E-state index contributed by atoms with van der Waals surface area (Å²) >= 11 is 0. The highest BCUT2D eigenvalue weighted by Gasteiger charge is 2.39. The van der Waals surface area contributed by atoms with Crippen LogP contribution in [0, 0.1) is 11.3 Å². The van der Waals surface area contributed by atoms with Crippen LogP contribution >= 0.6 is 0 Å². The molecular formula is C9H17NO2. The molecule has 1 rings (SSSR count). The summed E-state index contributed by atoms with van der Waals surface area (Å²) in [7, 11) is 0. The number of piperidine rings is 1. The largest absolute Gasteiger partial charge is 0.480 e. The molecule has 1 heterocycles. The zero-order valence-electron chi connectivity index (χ0n) is 7.92. The molecule has 2 atom stereocenters. The highest BCUT2D eigenvalue weighted by molar-refractivity contribution is 5.74. The predicted molar refractivity (Wildman–Crippen MR) is 47.0 cm³/mol. The standard InChI is InChI=1S/C9H17NO2/c1-6-4-9(2,3)7(8(11)12)10-5-6/h6-7,10H,4-5H2,1-3H3,(H,11,12). The average molecular weight is 171 g/mol. The fourth-order valence-corrected chi connectivity index (χ4v) is 2.11. The zero-order chi connectivity index (χ0) is 9.35. The smallest absolute Gasteiger partial charge is 0.321 e. The molecule has 0 amide bonds. The summed E-state index contributed by atoms with van der Waals surface area (Å²) in [5.41, 5.74) is -0.122. The maximum atomic E-state index is 10.8. The Bertz CT molecular complexity index is 189. The average Bonchev–Trinajstić information content (AvgIpc) is 1.82. The predicted octanol–water partition coefficient (Wildman–Crippen LogP) is 1.10. The van der Waals surface area contributed by atoms with Gasteiger partial charge in [-0.05, 0) is 24.3 Å². The fourth-order valence-electron chi connectivity index (χ4n) is 2.11. The summed E-state index contributed by atoms with van der Waals surface area (Å²) in [5.74, 6) is -0.150. The number of carbonyl (C=O) groups is 1. The van der Waals surface area contributed by atoms with E-state index in [1.54, 1.807) is 0 Å². The Hall–Kier alpha value is -0.570. The first kappa shape index (κ1) is 9.52. The molecule has 0 radical (unpaired) electrons. The minimum absolute atomic E-state index is 0.122. The van der Waals surface area contributed by atoms with Crippen molar-refractivity contribution in [3.8, 4) is 0 Å². The van der Waals surface area contributed by atoms with Crippen LogP contribution in [0.4, 0.5) is 0 Å². The first-order valence-electron chi connectivity index (χ1n) is 4.39. The van der Waals surface area contributed by atoms with Gasteiger partial charge in [-0.15, -0.1) is 0 Å². The number of rotatable bonds is 1. The normalized spacial score (nSPS) is 34.6. The number of hydrogen-bond acceptors (Lipinski definition) is 2. The molecule has 12 heavy (non-hydrogen) atoms. The first-order valence-corrected chi connectivity index (χ1v) is 4.39. The Morgan fingerprint density at radius 2 is 2.17 bits per heavy atom. The van der Waals surface area contributed by atoms with Crippen molar-refractivity contribution in [3.05, 3.63) is 0 Å². The van der Waals surface area contributed by atoms with E-state index in [1.165, 1.54) is 0 Å². The van der Waals surface area contributed by atoms with E-state index < -0.39 is 5.97 Å². The van der Waals surface area contributed by atoms with E-state index in [1.807, 2.05) is 13.8 Å². The van der Waals surface area contributed by atoms with Gasteiger partial charge in [0.1, 0.15) is 6.04 Å². The van der Waals surface area contributed by atoms with Gasteiger partial charge in [0.15, 0.2) is 0 Å². The van der Waals surface area contributed by atoms with Crippen LogP contribution in [0.1, 0.15) is 27.2 Å². The number of aliphatic carboxylic acids is 1. The van der Waals surface area contributed by atoms with Crippen molar-refractivity contribution in [3.63, 3.8) is 0 Å². The van der Waals surface area contributed by atoms with Crippen molar-refractivity contribution < 1.29 is 9.90 Å². The minimum Gasteiger partial charge on any atom is -0.480 e. The molecular weight excluding hydrogens is 154 g/mol. The quantitative estimate of drug-likeness (QED) is 0.621. The van der Waals surface area contributed by atoms with Gasteiger partial charge in [0, 0.05) is 0 Å². The molecule has 0 spiro atoms. The molecule has 1 aliphatic rings. The first-order chi connectivity index (χ1) is 5.43. The molecule has 1 saturated heterocycles. The second-order valence-corrected chi connectivity index (χ2v) is 4.48. The Balaban J connectivity index is 2.70. The maximum absolute atomic E-state index is 10.8. The molecule has 0 aromatic heterocycles. The van der Waals surface area contributed by atoms with E-state index in [4.69, 9.17) is 5.11 Å². The highest BCUT2D eigenvalue weighted by Crippen LogP contribution is 2.32. The van der Waals surface area contributed by atoms with Gasteiger partial charge < -0.3 is 10.4 Å². The van der Waals surface area contributed by atoms with Gasteiger partial charge in [0.25, 0.3) is 0 Å². The van der Waals surface area contributed by atoms with Crippen molar-refractivity contribution in [2.45, 2.75) is 33.2 Å². The van der Waals surface area contributed by atoms with E-state index in [-0.39, 0.29) is 11.5 Å². The summed E-state index contributed by atoms with van der Waals surface area (Å²) in [5, 5.41) is 12.0. The van der Waals surface area contributed by atoms with E-state index in [9.17, 15) is 4.79 Å². The third-order valence-electron chi connectivity index (χ3n) is 2.57. The summed E-state index contributed by atoms with van der Waals surface area (Å²) in [6.45, 7) is 6.98. The second-order valence-electron chi connectivity index (χ2n) is 4.48. The summed E-state index contributed by atoms with van der Waals surface area (Å²) in [4.78, 5) is 10.8. The Labute approximate surface area is 73.2 Å². The van der Waals surface area contributed by atoms with E-state index in [0.717, 1.165) is 13.0 Å². The Morgan fingerprint density at radius 1 is 1.58 bits per heavy atom. The van der Waals surface area contributed by atoms with Gasteiger partial charge in [0.05, 0.1) is 0 Å². The molecule has 70 valence electrons. The Morgan fingerprint density at radius 3 is 2.58 bits per heavy atom. The zero-order valence-corrected chi connectivity index (χ0v) is 7.92. The van der Waals surface area contributed by atoms with Crippen LogP contribution in [0.5, 0.6) is 0 Å². The third-order valence-corrected chi connectivity index (χ3v) is 2.57. The lowest BCUT2D eigenvalue weighted by Crippen LogP contribution is -2.54. The highest BCUT2D eigenvalue weighted by atomic mass is 16.4. The monoisotopic (exact) mass is 171 g/mol. The SMILES string of the molecule is CC1CNC(C(=O)O)C(C)(C)C1. The number of carboxylic acids is 1. The number of carboxylic acid groups (broad SMARTS) is 1. The van der Waals surface area contributed by atoms with Crippen molar-refractivity contribution >= 4 is 5.97 Å². The van der Waals surface area contributed by atoms with E-state index >= 15 is 0 Å². The molecule has 1 aliphatic heterocycles. The lowest BCUT2D eigenvalue weighted by molar-refractivity contribution is -0.144. The van der Waals surface area contributed by atoms with E-state index in [0.29, 0.717) is 5.92 Å². The van der Waals surface area contributed by atoms with Crippen molar-refractivity contribution in [2.24, 2.45) is 11.3 Å². The lowest BCUT2D eigenvalue weighted by Gasteiger charge is -2.39. The molecule has 2 unspecified atom stereocenters. The summed E-state index contributed by atoms with van der Waals surface area (Å²) < 4.78 is 0. The third kappa shape index (κ3) is 1.78. The van der Waals surface area contributed by atoms with Crippen LogP contribution in [0.3, 0.4) is 0 Å². The molecule has 0 aliphatic carbocycles. The van der Waals surface area contributed by atoms with Crippen LogP contribution in [0.25, 0.3) is 0 Å². The lowest BCUT2D eigenvalue weighted by atomic mass is 9.74. The molecule has 3 heteroatoms. The van der Waals surface area contributed by atoms with Gasteiger partial charge in [-0.1, -0.05) is 20.8 Å². The molecule has 0 aromatic rings. The van der Waals surface area contributed by atoms with Gasteiger partial charge >= 0.3 is 5.97 Å². The molecule has 1 fully saturated rings. The second kappa shape index (κ2) is 3.05. The molecule has 2 N–H and O–H groups in total. The van der Waals surface area contributed by atoms with E-state index in [2.05, 4.69) is 12.2 Å². The van der Waals surface area contributed by atoms with Crippen LogP contribution in [-0.4, -0.2) is 23.7 Å². The molecule has 0 aromatic carbocycles. The maximum Gasteiger partial charge on any atom is 0.321 e. The molecule has 3 nitrogen and oxygen atoms in total. The van der Waals surface area contributed by atoms with Crippen LogP contribution in [0.15, 0.2) is 0 Å². The molecule has 0 saturated carbocycles. The van der Waals surface area contributed by atoms with Gasteiger partial charge in [-0.2, -0.15) is 0 Å². The molecule has 0 bridgehead atoms. The van der Waals surface area contributed by atoms with Gasteiger partial charge in [-0.25, -0.2) is 0 Å². The van der Waals surface area contributed by atoms with Crippen LogP contribution in [-0.2, 0) is 4.79 Å². The van der Waals surface area contributed by atoms with Crippen molar-refractivity contribution in [1.82, 2.24) is 5.32 Å². The summed E-state index contributed by atoms with van der Waals surface area (Å²) in [6, 6.07) is -0.381. The number of hydrogen-bond donors (Lipinski definition) is 2. The van der Waals surface area contributed by atoms with Crippen molar-refractivity contribution in [2.75, 3.05) is 6.54 Å². The number of nitrogens with one attached hydrogen (secondary N) is 1. The van der Waals surface area contributed by atoms with Crippen molar-refractivity contribution in [1.29, 1.82) is 0 Å². The fraction of sp³-hybridized carbons (Fsp3) is 0.889. The van der Waals surface area contributed by atoms with Crippen LogP contribution < -0.4 is 5.32 Å². The van der Waals surface area contributed by atoms with Gasteiger partial charge in [-0.3, -0.25) is 4.79 Å².